The summed E-state index contributed by atoms with van der Waals surface area (Å²) in [7, 11) is 2.58. The van der Waals surface area contributed by atoms with E-state index in [9.17, 15) is 19.2 Å². The van der Waals surface area contributed by atoms with E-state index >= 15 is 0 Å². The Kier molecular flexibility index (Phi) is 12.0. The standard InChI is InChI=1S/C48H54N8O6/c1-7-29-18-20-56(46(58)41(27(2)3)54-48(60)62-6)42(29)44-50-26-39(53-44)37-17-15-33-22-31(11-13-35(33)24-37)30-10-12-34-23-36(16-14-32(34)21-30)38-25-49-43(52-38)40-9-8-19-55(40)45(57)28(4)51-47(59)61-5/h10-17,21-29,40-42H,7-9,18-20H2,1-6H3,(H,49,52)(H,50,53)(H,51,59)(H,54,60)/t28-,29+,40-,41-,42-/m0/s1. The van der Waals surface area contributed by atoms with Gasteiger partial charge in [0.1, 0.15) is 23.7 Å². The van der Waals surface area contributed by atoms with Crippen molar-refractivity contribution in [1.29, 1.82) is 0 Å². The van der Waals surface area contributed by atoms with Crippen molar-refractivity contribution < 1.29 is 28.7 Å². The third kappa shape index (κ3) is 8.33. The number of carbonyl (C=O) groups excluding carboxylic acids is 4. The summed E-state index contributed by atoms with van der Waals surface area (Å²) in [5, 5.41) is 9.74. The summed E-state index contributed by atoms with van der Waals surface area (Å²) in [4.78, 5) is 71.0. The zero-order chi connectivity index (χ0) is 43.7. The molecule has 322 valence electrons. The molecule has 4 N–H and O–H groups in total. The summed E-state index contributed by atoms with van der Waals surface area (Å²) in [5.41, 5.74) is 5.98. The van der Waals surface area contributed by atoms with Crippen LogP contribution >= 0.6 is 0 Å². The van der Waals surface area contributed by atoms with Crippen LogP contribution in [0.4, 0.5) is 9.59 Å². The quantitative estimate of drug-likeness (QED) is 0.100. The average Bonchev–Trinajstić information content (AvgIpc) is 4.13. The minimum absolute atomic E-state index is 0.114. The molecule has 5 atom stereocenters. The first-order valence-corrected chi connectivity index (χ1v) is 21.4. The fraction of sp³-hybridized carbons (Fsp3) is 0.375. The molecule has 0 unspecified atom stereocenters. The van der Waals surface area contributed by atoms with E-state index in [0.717, 1.165) is 92.5 Å². The Labute approximate surface area is 360 Å². The molecule has 62 heavy (non-hydrogen) atoms. The summed E-state index contributed by atoms with van der Waals surface area (Å²) in [6.45, 7) is 8.83. The Morgan fingerprint density at radius 2 is 1.19 bits per heavy atom. The van der Waals surface area contributed by atoms with E-state index < -0.39 is 24.3 Å². The van der Waals surface area contributed by atoms with E-state index in [1.807, 2.05) is 31.1 Å². The molecule has 0 saturated carbocycles. The molecule has 2 aromatic heterocycles. The van der Waals surface area contributed by atoms with Gasteiger partial charge in [0, 0.05) is 24.2 Å². The van der Waals surface area contributed by atoms with Crippen molar-refractivity contribution in [2.24, 2.45) is 11.8 Å². The third-order valence-electron chi connectivity index (χ3n) is 12.6. The van der Waals surface area contributed by atoms with E-state index in [4.69, 9.17) is 9.72 Å². The summed E-state index contributed by atoms with van der Waals surface area (Å²) < 4.78 is 9.48. The molecule has 14 nitrogen and oxygen atoms in total. The topological polar surface area (TPSA) is 175 Å². The fourth-order valence-corrected chi connectivity index (χ4v) is 9.11. The molecule has 0 aliphatic carbocycles. The lowest BCUT2D eigenvalue weighted by Crippen LogP contribution is -2.51. The van der Waals surface area contributed by atoms with Crippen molar-refractivity contribution in [3.63, 3.8) is 0 Å². The van der Waals surface area contributed by atoms with Crippen molar-refractivity contribution in [2.45, 2.75) is 77.5 Å². The first-order chi connectivity index (χ1) is 30.0. The second-order valence-corrected chi connectivity index (χ2v) is 16.8. The number of likely N-dealkylation sites (tertiary alicyclic amines) is 2. The van der Waals surface area contributed by atoms with Crippen LogP contribution in [-0.4, -0.2) is 93.1 Å². The average molecular weight is 839 g/mol. The Hall–Kier alpha value is -6.70. The molecule has 0 bridgehead atoms. The Morgan fingerprint density at radius 3 is 1.74 bits per heavy atom. The van der Waals surface area contributed by atoms with Crippen LogP contribution in [-0.2, 0) is 19.1 Å². The zero-order valence-electron chi connectivity index (χ0n) is 36.0. The molecule has 6 aromatic rings. The summed E-state index contributed by atoms with van der Waals surface area (Å²) in [5.74, 6) is 1.31. The van der Waals surface area contributed by atoms with E-state index in [2.05, 4.69) is 110 Å². The molecular formula is C48H54N8O6. The van der Waals surface area contributed by atoms with Gasteiger partial charge >= 0.3 is 12.2 Å². The van der Waals surface area contributed by atoms with Gasteiger partial charge in [0.15, 0.2) is 0 Å². The second kappa shape index (κ2) is 17.7. The van der Waals surface area contributed by atoms with Crippen LogP contribution in [0.3, 0.4) is 0 Å². The number of rotatable bonds is 11. The van der Waals surface area contributed by atoms with E-state index in [0.29, 0.717) is 13.1 Å². The summed E-state index contributed by atoms with van der Waals surface area (Å²) >= 11 is 0. The number of benzene rings is 4. The van der Waals surface area contributed by atoms with E-state index in [1.54, 1.807) is 11.8 Å². The van der Waals surface area contributed by atoms with Crippen LogP contribution in [0.2, 0.25) is 0 Å². The van der Waals surface area contributed by atoms with Crippen LogP contribution in [0, 0.1) is 11.8 Å². The number of fused-ring (bicyclic) bond motifs is 2. The number of nitrogens with zero attached hydrogens (tertiary/aromatic N) is 4. The third-order valence-corrected chi connectivity index (χ3v) is 12.6. The van der Waals surface area contributed by atoms with Crippen molar-refractivity contribution in [2.75, 3.05) is 27.3 Å². The number of ether oxygens (including phenoxy) is 2. The van der Waals surface area contributed by atoms with Gasteiger partial charge in [0.2, 0.25) is 11.8 Å². The SMILES string of the molecule is CC[C@@H]1CCN(C(=O)[C@@H](NC(=O)OC)C(C)C)[C@@H]1c1ncc(-c2ccc3cc(-c4ccc5cc(-c6cnc([C@@H]7CCCN7C(=O)[C@H](C)NC(=O)OC)[nH]6)ccc5c4)ccc3c2)[nH]1. The van der Waals surface area contributed by atoms with Crippen LogP contribution in [0.1, 0.15) is 77.1 Å². The molecule has 2 aliphatic heterocycles. The number of hydrogen-bond donors (Lipinski definition) is 4. The lowest BCUT2D eigenvalue weighted by Gasteiger charge is -2.31. The van der Waals surface area contributed by atoms with Crippen molar-refractivity contribution in [1.82, 2.24) is 40.4 Å². The van der Waals surface area contributed by atoms with Crippen LogP contribution in [0.5, 0.6) is 0 Å². The first kappa shape index (κ1) is 42.0. The van der Waals surface area contributed by atoms with Gasteiger partial charge in [-0.3, -0.25) is 9.59 Å². The maximum absolute atomic E-state index is 13.9. The molecule has 8 rings (SSSR count). The van der Waals surface area contributed by atoms with Gasteiger partial charge in [0.25, 0.3) is 0 Å². The lowest BCUT2D eigenvalue weighted by atomic mass is 9.96. The number of amides is 4. The van der Waals surface area contributed by atoms with Gasteiger partial charge in [-0.25, -0.2) is 19.6 Å². The number of aromatic nitrogens is 4. The maximum atomic E-state index is 13.9. The molecule has 0 spiro atoms. The number of nitrogens with one attached hydrogen (secondary N) is 4. The van der Waals surface area contributed by atoms with Gasteiger partial charge < -0.3 is 39.9 Å². The molecule has 4 amide bonds. The minimum Gasteiger partial charge on any atom is -0.453 e. The van der Waals surface area contributed by atoms with E-state index in [1.165, 1.54) is 14.2 Å². The normalized spacial score (nSPS) is 18.6. The highest BCUT2D eigenvalue weighted by Gasteiger charge is 2.42. The Bertz CT molecular complexity index is 2630. The number of carbonyl (C=O) groups is 4. The number of hydrogen-bond acceptors (Lipinski definition) is 8. The number of imidazole rings is 2. The molecule has 4 heterocycles. The number of H-pyrrole nitrogens is 2. The van der Waals surface area contributed by atoms with Gasteiger partial charge in [-0.1, -0.05) is 75.7 Å². The molecule has 4 aromatic carbocycles. The minimum atomic E-state index is -0.707. The number of alkyl carbamates (subject to hydrolysis) is 2. The number of methoxy groups -OCH3 is 2. The Morgan fingerprint density at radius 1 is 0.677 bits per heavy atom. The second-order valence-electron chi connectivity index (χ2n) is 16.8. The first-order valence-electron chi connectivity index (χ1n) is 21.4. The van der Waals surface area contributed by atoms with Gasteiger partial charge in [-0.05, 0) is 95.0 Å². The van der Waals surface area contributed by atoms with Crippen LogP contribution in [0.25, 0.3) is 55.2 Å². The van der Waals surface area contributed by atoms with E-state index in [-0.39, 0.29) is 35.7 Å². The van der Waals surface area contributed by atoms with Crippen LogP contribution < -0.4 is 10.6 Å². The highest BCUT2D eigenvalue weighted by molar-refractivity contribution is 5.94. The fourth-order valence-electron chi connectivity index (χ4n) is 9.11. The van der Waals surface area contributed by atoms with Crippen molar-refractivity contribution in [3.8, 4) is 33.6 Å². The largest absolute Gasteiger partial charge is 0.453 e. The molecule has 2 saturated heterocycles. The molecule has 14 heteroatoms. The maximum Gasteiger partial charge on any atom is 0.407 e. The van der Waals surface area contributed by atoms with Gasteiger partial charge in [-0.15, -0.1) is 0 Å². The summed E-state index contributed by atoms with van der Waals surface area (Å²) in [6.07, 6.45) is 5.80. The zero-order valence-corrected chi connectivity index (χ0v) is 36.0. The predicted molar refractivity (Wildman–Crippen MR) is 238 cm³/mol. The number of aromatic amines is 2. The molecular weight excluding hydrogens is 785 g/mol. The van der Waals surface area contributed by atoms with Gasteiger partial charge in [0.05, 0.1) is 50.1 Å². The molecule has 2 aliphatic rings. The lowest BCUT2D eigenvalue weighted by molar-refractivity contribution is -0.136. The molecule has 0 radical (unpaired) electrons. The van der Waals surface area contributed by atoms with Crippen LogP contribution in [0.15, 0.2) is 85.2 Å². The summed E-state index contributed by atoms with van der Waals surface area (Å²) in [6, 6.07) is 23.9. The highest BCUT2D eigenvalue weighted by Crippen LogP contribution is 2.40. The molecule has 2 fully saturated rings. The monoisotopic (exact) mass is 838 g/mol. The van der Waals surface area contributed by atoms with Crippen molar-refractivity contribution in [3.05, 3.63) is 96.8 Å². The highest BCUT2D eigenvalue weighted by atomic mass is 16.5. The predicted octanol–water partition coefficient (Wildman–Crippen LogP) is 8.53. The van der Waals surface area contributed by atoms with Crippen molar-refractivity contribution >= 4 is 45.5 Å². The Balaban J connectivity index is 0.970. The smallest absolute Gasteiger partial charge is 0.407 e. The van der Waals surface area contributed by atoms with Gasteiger partial charge in [-0.2, -0.15) is 0 Å².